The van der Waals surface area contributed by atoms with Gasteiger partial charge >= 0.3 is 5.97 Å². The highest BCUT2D eigenvalue weighted by atomic mass is 32.1. The molecule has 0 saturated heterocycles. The Kier molecular flexibility index (Phi) is 4.58. The van der Waals surface area contributed by atoms with E-state index in [1.54, 1.807) is 0 Å². The van der Waals surface area contributed by atoms with Gasteiger partial charge in [-0.3, -0.25) is 9.59 Å². The normalized spacial score (nSPS) is 23.0. The molecule has 19 heavy (non-hydrogen) atoms. The fourth-order valence-electron chi connectivity index (χ4n) is 2.54. The van der Waals surface area contributed by atoms with Crippen molar-refractivity contribution in [3.05, 3.63) is 21.9 Å². The van der Waals surface area contributed by atoms with Crippen molar-refractivity contribution in [2.75, 3.05) is 6.54 Å². The van der Waals surface area contributed by atoms with Crippen LogP contribution in [-0.4, -0.2) is 23.5 Å². The number of aryl methyl sites for hydroxylation is 1. The summed E-state index contributed by atoms with van der Waals surface area (Å²) in [7, 11) is 0. The summed E-state index contributed by atoms with van der Waals surface area (Å²) in [5.74, 6) is -0.462. The average Bonchev–Trinajstić information content (AvgIpc) is 2.83. The van der Waals surface area contributed by atoms with Gasteiger partial charge in [-0.05, 0) is 55.5 Å². The summed E-state index contributed by atoms with van der Waals surface area (Å²) in [6.45, 7) is 2.59. The predicted octanol–water partition coefficient (Wildman–Crippen LogP) is 2.68. The van der Waals surface area contributed by atoms with Crippen LogP contribution in [0.1, 0.15) is 40.9 Å². The number of rotatable bonds is 4. The Bertz CT molecular complexity index is 461. The topological polar surface area (TPSA) is 66.4 Å². The molecule has 0 bridgehead atoms. The van der Waals surface area contributed by atoms with Crippen molar-refractivity contribution >= 4 is 23.2 Å². The first kappa shape index (κ1) is 14.1. The van der Waals surface area contributed by atoms with E-state index < -0.39 is 5.97 Å². The van der Waals surface area contributed by atoms with Crippen molar-refractivity contribution < 1.29 is 14.7 Å². The van der Waals surface area contributed by atoms with Crippen LogP contribution in [0.15, 0.2) is 11.4 Å². The Morgan fingerprint density at radius 2 is 2.05 bits per heavy atom. The third-order valence-corrected chi connectivity index (χ3v) is 4.83. The van der Waals surface area contributed by atoms with E-state index in [-0.39, 0.29) is 11.8 Å². The molecule has 1 aromatic rings. The number of carbonyl (C=O) groups is 2. The van der Waals surface area contributed by atoms with Gasteiger partial charge in [0.2, 0.25) is 0 Å². The first-order chi connectivity index (χ1) is 9.08. The van der Waals surface area contributed by atoms with E-state index in [0.29, 0.717) is 12.5 Å². The lowest BCUT2D eigenvalue weighted by Crippen LogP contribution is -2.32. The van der Waals surface area contributed by atoms with E-state index in [4.69, 9.17) is 5.11 Å². The molecule has 1 heterocycles. The van der Waals surface area contributed by atoms with Gasteiger partial charge < -0.3 is 10.4 Å². The number of hydrogen-bond donors (Lipinski definition) is 2. The minimum atomic E-state index is -0.684. The van der Waals surface area contributed by atoms with Gasteiger partial charge in [-0.1, -0.05) is 0 Å². The quantitative estimate of drug-likeness (QED) is 0.891. The van der Waals surface area contributed by atoms with Gasteiger partial charge in [-0.25, -0.2) is 0 Å². The summed E-state index contributed by atoms with van der Waals surface area (Å²) in [6.07, 6.45) is 3.24. The molecule has 0 atom stereocenters. The van der Waals surface area contributed by atoms with Gasteiger partial charge in [0.05, 0.1) is 10.8 Å². The summed E-state index contributed by atoms with van der Waals surface area (Å²) < 4.78 is 0. The summed E-state index contributed by atoms with van der Waals surface area (Å²) in [5.41, 5.74) is 1.01. The van der Waals surface area contributed by atoms with E-state index in [0.717, 1.165) is 36.1 Å². The molecule has 0 spiro atoms. The highest BCUT2D eigenvalue weighted by molar-refractivity contribution is 7.12. The minimum absolute atomic E-state index is 0.00661. The second kappa shape index (κ2) is 6.19. The number of aliphatic carboxylic acids is 1. The lowest BCUT2D eigenvalue weighted by molar-refractivity contribution is -0.143. The van der Waals surface area contributed by atoms with Crippen molar-refractivity contribution in [1.82, 2.24) is 5.32 Å². The zero-order chi connectivity index (χ0) is 13.8. The zero-order valence-electron chi connectivity index (χ0n) is 11.0. The van der Waals surface area contributed by atoms with Gasteiger partial charge in [0, 0.05) is 6.54 Å². The molecule has 1 aliphatic rings. The Hall–Kier alpha value is -1.36. The van der Waals surface area contributed by atoms with Crippen molar-refractivity contribution in [1.29, 1.82) is 0 Å². The Morgan fingerprint density at radius 3 is 2.58 bits per heavy atom. The number of carboxylic acids is 1. The number of hydrogen-bond acceptors (Lipinski definition) is 3. The van der Waals surface area contributed by atoms with Crippen molar-refractivity contribution in [3.63, 3.8) is 0 Å². The molecule has 1 saturated carbocycles. The van der Waals surface area contributed by atoms with Crippen LogP contribution in [0.4, 0.5) is 0 Å². The molecule has 1 aliphatic carbocycles. The van der Waals surface area contributed by atoms with Gasteiger partial charge in [-0.2, -0.15) is 0 Å². The lowest BCUT2D eigenvalue weighted by atomic mass is 9.82. The molecule has 0 radical (unpaired) electrons. The van der Waals surface area contributed by atoms with Crippen LogP contribution in [0.3, 0.4) is 0 Å². The Labute approximate surface area is 116 Å². The van der Waals surface area contributed by atoms with E-state index in [1.807, 2.05) is 18.4 Å². The van der Waals surface area contributed by atoms with Gasteiger partial charge in [-0.15, -0.1) is 11.3 Å². The average molecular weight is 281 g/mol. The number of carbonyl (C=O) groups excluding carboxylic acids is 1. The second-order valence-electron chi connectivity index (χ2n) is 5.20. The summed E-state index contributed by atoms with van der Waals surface area (Å²) in [5, 5.41) is 13.8. The van der Waals surface area contributed by atoms with Gasteiger partial charge in [0.25, 0.3) is 5.91 Å². The molecule has 0 aliphatic heterocycles. The fourth-order valence-corrected chi connectivity index (χ4v) is 3.38. The third kappa shape index (κ3) is 3.56. The smallest absolute Gasteiger partial charge is 0.306 e. The molecule has 1 aromatic heterocycles. The first-order valence-corrected chi connectivity index (χ1v) is 7.51. The van der Waals surface area contributed by atoms with Crippen molar-refractivity contribution in [3.8, 4) is 0 Å². The Balaban J connectivity index is 1.77. The molecule has 0 aromatic carbocycles. The van der Waals surface area contributed by atoms with Gasteiger partial charge in [0.15, 0.2) is 0 Å². The number of nitrogens with one attached hydrogen (secondary N) is 1. The predicted molar refractivity (Wildman–Crippen MR) is 74.5 cm³/mol. The summed E-state index contributed by atoms with van der Waals surface area (Å²) in [4.78, 5) is 23.6. The summed E-state index contributed by atoms with van der Waals surface area (Å²) in [6, 6.07) is 1.94. The molecule has 2 rings (SSSR count). The molecule has 104 valence electrons. The SMILES string of the molecule is Cc1ccsc1C(=O)NCC1CCC(C(=O)O)CC1. The molecule has 0 unspecified atom stereocenters. The lowest BCUT2D eigenvalue weighted by Gasteiger charge is -2.26. The standard InChI is InChI=1S/C14H19NO3S/c1-9-6-7-19-12(9)13(16)15-8-10-2-4-11(5-3-10)14(17)18/h6-7,10-11H,2-5,8H2,1H3,(H,15,16)(H,17,18). The van der Waals surface area contributed by atoms with E-state index in [1.165, 1.54) is 11.3 Å². The molecule has 1 amide bonds. The van der Waals surface area contributed by atoms with Crippen LogP contribution in [0.25, 0.3) is 0 Å². The number of amides is 1. The second-order valence-corrected chi connectivity index (χ2v) is 6.11. The highest BCUT2D eigenvalue weighted by Crippen LogP contribution is 2.28. The van der Waals surface area contributed by atoms with Crippen LogP contribution in [-0.2, 0) is 4.79 Å². The van der Waals surface area contributed by atoms with Crippen LogP contribution in [0.5, 0.6) is 0 Å². The Morgan fingerprint density at radius 1 is 1.37 bits per heavy atom. The molecular formula is C14H19NO3S. The van der Waals surface area contributed by atoms with Crippen LogP contribution in [0.2, 0.25) is 0 Å². The molecule has 1 fully saturated rings. The van der Waals surface area contributed by atoms with Gasteiger partial charge in [0.1, 0.15) is 0 Å². The minimum Gasteiger partial charge on any atom is -0.481 e. The maximum atomic E-state index is 11.9. The van der Waals surface area contributed by atoms with E-state index in [2.05, 4.69) is 5.32 Å². The number of carboxylic acid groups (broad SMARTS) is 1. The molecular weight excluding hydrogens is 262 g/mol. The van der Waals surface area contributed by atoms with E-state index in [9.17, 15) is 9.59 Å². The largest absolute Gasteiger partial charge is 0.481 e. The maximum Gasteiger partial charge on any atom is 0.306 e. The van der Waals surface area contributed by atoms with Crippen molar-refractivity contribution in [2.24, 2.45) is 11.8 Å². The van der Waals surface area contributed by atoms with E-state index >= 15 is 0 Å². The summed E-state index contributed by atoms with van der Waals surface area (Å²) >= 11 is 1.46. The zero-order valence-corrected chi connectivity index (χ0v) is 11.8. The number of thiophene rings is 1. The third-order valence-electron chi connectivity index (χ3n) is 3.82. The molecule has 2 N–H and O–H groups in total. The van der Waals surface area contributed by atoms with Crippen LogP contribution in [0, 0.1) is 18.8 Å². The maximum absolute atomic E-state index is 11.9. The first-order valence-electron chi connectivity index (χ1n) is 6.63. The van der Waals surface area contributed by atoms with Crippen LogP contribution < -0.4 is 5.32 Å². The monoisotopic (exact) mass is 281 g/mol. The molecule has 4 nitrogen and oxygen atoms in total. The fraction of sp³-hybridized carbons (Fsp3) is 0.571. The van der Waals surface area contributed by atoms with Crippen LogP contribution >= 0.6 is 11.3 Å². The van der Waals surface area contributed by atoms with Crippen molar-refractivity contribution in [2.45, 2.75) is 32.6 Å². The highest BCUT2D eigenvalue weighted by Gasteiger charge is 2.26. The molecule has 5 heteroatoms.